The fourth-order valence-electron chi connectivity index (χ4n) is 1.49. The highest BCUT2D eigenvalue weighted by Crippen LogP contribution is 2.16. The summed E-state index contributed by atoms with van der Waals surface area (Å²) in [7, 11) is 0. The summed E-state index contributed by atoms with van der Waals surface area (Å²) >= 11 is 3.41. The molecule has 4 nitrogen and oxygen atoms in total. The van der Waals surface area contributed by atoms with E-state index in [0.29, 0.717) is 17.9 Å². The standard InChI is InChI=1S/C11H12BrN3O/c12-10-3-1-2-8(4-10)6-15-11(13)9(7-16)5-14-15/h1-5,16H,6-7,13H2. The Kier molecular flexibility index (Phi) is 3.26. The van der Waals surface area contributed by atoms with E-state index in [4.69, 9.17) is 10.8 Å². The van der Waals surface area contributed by atoms with Gasteiger partial charge < -0.3 is 10.8 Å². The first-order valence-electron chi connectivity index (χ1n) is 4.86. The van der Waals surface area contributed by atoms with Crippen LogP contribution in [-0.2, 0) is 13.2 Å². The smallest absolute Gasteiger partial charge is 0.127 e. The summed E-state index contributed by atoms with van der Waals surface area (Å²) in [5.74, 6) is 0.516. The van der Waals surface area contributed by atoms with Gasteiger partial charge in [-0.25, -0.2) is 4.68 Å². The first-order valence-corrected chi connectivity index (χ1v) is 5.65. The van der Waals surface area contributed by atoms with Gasteiger partial charge in [0.05, 0.1) is 19.3 Å². The average Bonchev–Trinajstić information content (AvgIpc) is 2.60. The first kappa shape index (κ1) is 11.2. The fourth-order valence-corrected chi connectivity index (χ4v) is 1.94. The van der Waals surface area contributed by atoms with Crippen molar-refractivity contribution in [3.05, 3.63) is 46.1 Å². The zero-order chi connectivity index (χ0) is 11.5. The maximum atomic E-state index is 9.00. The van der Waals surface area contributed by atoms with Gasteiger partial charge in [0.2, 0.25) is 0 Å². The molecule has 0 unspecified atom stereocenters. The molecule has 0 radical (unpaired) electrons. The largest absolute Gasteiger partial charge is 0.391 e. The minimum Gasteiger partial charge on any atom is -0.391 e. The van der Waals surface area contributed by atoms with E-state index in [9.17, 15) is 0 Å². The number of nitrogens with two attached hydrogens (primary N) is 1. The maximum Gasteiger partial charge on any atom is 0.127 e. The molecule has 2 rings (SSSR count). The van der Waals surface area contributed by atoms with Crippen molar-refractivity contribution >= 4 is 21.7 Å². The monoisotopic (exact) mass is 281 g/mol. The molecule has 84 valence electrons. The van der Waals surface area contributed by atoms with Crippen LogP contribution >= 0.6 is 15.9 Å². The average molecular weight is 282 g/mol. The number of benzene rings is 1. The molecule has 3 N–H and O–H groups in total. The lowest BCUT2D eigenvalue weighted by Crippen LogP contribution is -2.06. The lowest BCUT2D eigenvalue weighted by Gasteiger charge is -2.05. The van der Waals surface area contributed by atoms with Crippen molar-refractivity contribution in [2.75, 3.05) is 5.73 Å². The van der Waals surface area contributed by atoms with Gasteiger partial charge in [0, 0.05) is 10.0 Å². The molecule has 1 aromatic carbocycles. The van der Waals surface area contributed by atoms with Crippen molar-refractivity contribution in [1.29, 1.82) is 0 Å². The molecule has 5 heteroatoms. The summed E-state index contributed by atoms with van der Waals surface area (Å²) < 4.78 is 2.70. The molecule has 0 aliphatic rings. The molecule has 0 fully saturated rings. The molecular weight excluding hydrogens is 270 g/mol. The van der Waals surface area contributed by atoms with E-state index in [1.165, 1.54) is 0 Å². The lowest BCUT2D eigenvalue weighted by molar-refractivity contribution is 0.282. The van der Waals surface area contributed by atoms with Gasteiger partial charge in [0.1, 0.15) is 5.82 Å². The SMILES string of the molecule is Nc1c(CO)cnn1Cc1cccc(Br)c1. The molecule has 0 saturated carbocycles. The second kappa shape index (κ2) is 4.67. The Morgan fingerprint density at radius 2 is 2.25 bits per heavy atom. The van der Waals surface area contributed by atoms with Crippen LogP contribution in [0.2, 0.25) is 0 Å². The highest BCUT2D eigenvalue weighted by molar-refractivity contribution is 9.10. The molecule has 1 heterocycles. The molecule has 0 bridgehead atoms. The Balaban J connectivity index is 2.24. The second-order valence-corrected chi connectivity index (χ2v) is 4.42. The van der Waals surface area contributed by atoms with Crippen LogP contribution in [0.1, 0.15) is 11.1 Å². The number of aliphatic hydroxyl groups excluding tert-OH is 1. The molecule has 2 aromatic rings. The molecular formula is C11H12BrN3O. The number of anilines is 1. The summed E-state index contributed by atoms with van der Waals surface area (Å²) in [5.41, 5.74) is 7.60. The normalized spacial score (nSPS) is 10.6. The van der Waals surface area contributed by atoms with Crippen LogP contribution in [0, 0.1) is 0 Å². The molecule has 16 heavy (non-hydrogen) atoms. The molecule has 0 aliphatic heterocycles. The van der Waals surface area contributed by atoms with E-state index in [1.807, 2.05) is 24.3 Å². The molecule has 1 aromatic heterocycles. The Labute approximate surface area is 102 Å². The quantitative estimate of drug-likeness (QED) is 0.901. The van der Waals surface area contributed by atoms with Crippen LogP contribution in [0.3, 0.4) is 0 Å². The number of nitrogen functional groups attached to an aromatic ring is 1. The van der Waals surface area contributed by atoms with Crippen LogP contribution in [0.25, 0.3) is 0 Å². The van der Waals surface area contributed by atoms with E-state index >= 15 is 0 Å². The molecule has 0 spiro atoms. The van der Waals surface area contributed by atoms with Gasteiger partial charge >= 0.3 is 0 Å². The first-order chi connectivity index (χ1) is 7.70. The van der Waals surface area contributed by atoms with Crippen molar-refractivity contribution in [3.8, 4) is 0 Å². The molecule has 0 aliphatic carbocycles. The maximum absolute atomic E-state index is 9.00. The summed E-state index contributed by atoms with van der Waals surface area (Å²) in [6, 6.07) is 7.95. The highest BCUT2D eigenvalue weighted by atomic mass is 79.9. The van der Waals surface area contributed by atoms with Gasteiger partial charge in [-0.1, -0.05) is 28.1 Å². The topological polar surface area (TPSA) is 64.1 Å². The molecule has 0 atom stereocenters. The van der Waals surface area contributed by atoms with Gasteiger partial charge in [0.15, 0.2) is 0 Å². The van der Waals surface area contributed by atoms with Crippen LogP contribution in [0.5, 0.6) is 0 Å². The van der Waals surface area contributed by atoms with Crippen molar-refractivity contribution < 1.29 is 5.11 Å². The predicted molar refractivity (Wildman–Crippen MR) is 65.8 cm³/mol. The van der Waals surface area contributed by atoms with E-state index in [-0.39, 0.29) is 6.61 Å². The summed E-state index contributed by atoms with van der Waals surface area (Å²) in [4.78, 5) is 0. The van der Waals surface area contributed by atoms with Crippen molar-refractivity contribution in [2.45, 2.75) is 13.2 Å². The minimum atomic E-state index is -0.0791. The van der Waals surface area contributed by atoms with Crippen LogP contribution < -0.4 is 5.73 Å². The van der Waals surface area contributed by atoms with E-state index in [1.54, 1.807) is 10.9 Å². The number of hydrogen-bond donors (Lipinski definition) is 2. The summed E-state index contributed by atoms with van der Waals surface area (Å²) in [6.45, 7) is 0.523. The Bertz CT molecular complexity index is 496. The summed E-state index contributed by atoms with van der Waals surface area (Å²) in [6.07, 6.45) is 1.59. The van der Waals surface area contributed by atoms with E-state index < -0.39 is 0 Å². The van der Waals surface area contributed by atoms with Gasteiger partial charge in [-0.15, -0.1) is 0 Å². The third-order valence-corrected chi connectivity index (χ3v) is 2.85. The molecule has 0 saturated heterocycles. The number of halogens is 1. The number of aliphatic hydroxyl groups is 1. The van der Waals surface area contributed by atoms with Gasteiger partial charge in [0.25, 0.3) is 0 Å². The van der Waals surface area contributed by atoms with Crippen molar-refractivity contribution in [1.82, 2.24) is 9.78 Å². The Morgan fingerprint density at radius 1 is 1.44 bits per heavy atom. The Morgan fingerprint density at radius 3 is 2.88 bits per heavy atom. The minimum absolute atomic E-state index is 0.0791. The zero-order valence-corrected chi connectivity index (χ0v) is 10.2. The van der Waals surface area contributed by atoms with Crippen molar-refractivity contribution in [3.63, 3.8) is 0 Å². The number of rotatable bonds is 3. The van der Waals surface area contributed by atoms with Gasteiger partial charge in [-0.05, 0) is 17.7 Å². The second-order valence-electron chi connectivity index (χ2n) is 3.50. The fraction of sp³-hybridized carbons (Fsp3) is 0.182. The van der Waals surface area contributed by atoms with E-state index in [0.717, 1.165) is 10.0 Å². The molecule has 0 amide bonds. The van der Waals surface area contributed by atoms with Gasteiger partial charge in [-0.2, -0.15) is 5.10 Å². The zero-order valence-electron chi connectivity index (χ0n) is 8.60. The summed E-state index contributed by atoms with van der Waals surface area (Å²) in [5, 5.41) is 13.1. The van der Waals surface area contributed by atoms with Crippen LogP contribution in [0.4, 0.5) is 5.82 Å². The predicted octanol–water partition coefficient (Wildman–Crippen LogP) is 1.77. The number of hydrogen-bond acceptors (Lipinski definition) is 3. The third kappa shape index (κ3) is 2.25. The van der Waals surface area contributed by atoms with Crippen molar-refractivity contribution in [2.24, 2.45) is 0 Å². The van der Waals surface area contributed by atoms with E-state index in [2.05, 4.69) is 21.0 Å². The number of aromatic nitrogens is 2. The van der Waals surface area contributed by atoms with Gasteiger partial charge in [-0.3, -0.25) is 0 Å². The highest BCUT2D eigenvalue weighted by Gasteiger charge is 2.06. The van der Waals surface area contributed by atoms with Crippen LogP contribution in [-0.4, -0.2) is 14.9 Å². The van der Waals surface area contributed by atoms with Crippen LogP contribution in [0.15, 0.2) is 34.9 Å². The third-order valence-electron chi connectivity index (χ3n) is 2.35. The number of nitrogens with zero attached hydrogens (tertiary/aromatic N) is 2. The lowest BCUT2D eigenvalue weighted by atomic mass is 10.2. The Hall–Kier alpha value is -1.33.